The second-order valence-corrected chi connectivity index (χ2v) is 7.49. The summed E-state index contributed by atoms with van der Waals surface area (Å²) in [6.07, 6.45) is 3.22. The Balaban J connectivity index is 1.79. The molecular weight excluding hydrogens is 294 g/mol. The summed E-state index contributed by atoms with van der Waals surface area (Å²) in [5.74, 6) is 1.17. The standard InChI is InChI=1S/C13H15N3O2S2/c14-10-9-2-1-5-15-13(9)19-11(10)12(17)16-8-3-6-20(18)7-4-8/h1-2,5,8H,3-4,6-7,14H2,(H,16,17). The summed E-state index contributed by atoms with van der Waals surface area (Å²) in [5.41, 5.74) is 6.52. The lowest BCUT2D eigenvalue weighted by Gasteiger charge is -2.22. The molecule has 1 saturated heterocycles. The van der Waals surface area contributed by atoms with E-state index in [9.17, 15) is 9.00 Å². The Hall–Kier alpha value is -1.47. The number of carbonyl (C=O) groups excluding carboxylic acids is 1. The van der Waals surface area contributed by atoms with E-state index in [0.717, 1.165) is 23.1 Å². The molecule has 1 fully saturated rings. The Labute approximate surface area is 123 Å². The van der Waals surface area contributed by atoms with Crippen LogP contribution in [-0.2, 0) is 10.8 Å². The molecule has 2 aromatic rings. The number of fused-ring (bicyclic) bond motifs is 1. The number of anilines is 1. The number of pyridine rings is 1. The van der Waals surface area contributed by atoms with Gasteiger partial charge in [-0.15, -0.1) is 11.3 Å². The minimum Gasteiger partial charge on any atom is -0.397 e. The quantitative estimate of drug-likeness (QED) is 0.881. The van der Waals surface area contributed by atoms with Crippen molar-refractivity contribution in [1.82, 2.24) is 10.3 Å². The summed E-state index contributed by atoms with van der Waals surface area (Å²) in [7, 11) is -0.720. The minimum absolute atomic E-state index is 0.0952. The molecule has 5 nitrogen and oxygen atoms in total. The van der Waals surface area contributed by atoms with Crippen LogP contribution in [0.4, 0.5) is 5.69 Å². The molecule has 0 aromatic carbocycles. The third-order valence-corrected chi connectivity index (χ3v) is 5.94. The molecule has 0 radical (unpaired) electrons. The topological polar surface area (TPSA) is 85.1 Å². The maximum absolute atomic E-state index is 12.3. The normalized spacial score (nSPS) is 22.8. The molecule has 0 bridgehead atoms. The van der Waals surface area contributed by atoms with Gasteiger partial charge in [-0.25, -0.2) is 4.98 Å². The lowest BCUT2D eigenvalue weighted by molar-refractivity contribution is 0.0939. The predicted molar refractivity (Wildman–Crippen MR) is 82.4 cm³/mol. The van der Waals surface area contributed by atoms with Crippen molar-refractivity contribution in [2.75, 3.05) is 17.2 Å². The average Bonchev–Trinajstić information content (AvgIpc) is 2.79. The first-order chi connectivity index (χ1) is 9.65. The van der Waals surface area contributed by atoms with Gasteiger partial charge in [-0.2, -0.15) is 0 Å². The van der Waals surface area contributed by atoms with E-state index in [4.69, 9.17) is 5.73 Å². The number of nitrogens with one attached hydrogen (secondary N) is 1. The average molecular weight is 309 g/mol. The molecular formula is C13H15N3O2S2. The van der Waals surface area contributed by atoms with E-state index in [-0.39, 0.29) is 11.9 Å². The number of hydrogen-bond acceptors (Lipinski definition) is 5. The Morgan fingerprint density at radius 3 is 2.90 bits per heavy atom. The molecule has 20 heavy (non-hydrogen) atoms. The molecule has 1 amide bonds. The molecule has 0 unspecified atom stereocenters. The van der Waals surface area contributed by atoms with E-state index in [1.54, 1.807) is 6.20 Å². The van der Waals surface area contributed by atoms with E-state index in [0.29, 0.717) is 22.1 Å². The summed E-state index contributed by atoms with van der Waals surface area (Å²) in [6, 6.07) is 3.77. The molecule has 106 valence electrons. The van der Waals surface area contributed by atoms with Crippen LogP contribution in [-0.4, -0.2) is 32.6 Å². The maximum atomic E-state index is 12.3. The summed E-state index contributed by atoms with van der Waals surface area (Å²) < 4.78 is 11.3. The van der Waals surface area contributed by atoms with Crippen LogP contribution in [0, 0.1) is 0 Å². The highest BCUT2D eigenvalue weighted by Gasteiger charge is 2.23. The van der Waals surface area contributed by atoms with Gasteiger partial charge in [0.1, 0.15) is 9.71 Å². The van der Waals surface area contributed by atoms with Crippen LogP contribution in [0.15, 0.2) is 18.3 Å². The van der Waals surface area contributed by atoms with Gasteiger partial charge < -0.3 is 11.1 Å². The second kappa shape index (κ2) is 5.49. The zero-order valence-electron chi connectivity index (χ0n) is 10.8. The van der Waals surface area contributed by atoms with Crippen molar-refractivity contribution in [2.45, 2.75) is 18.9 Å². The summed E-state index contributed by atoms with van der Waals surface area (Å²) in [6.45, 7) is 0. The summed E-state index contributed by atoms with van der Waals surface area (Å²) >= 11 is 1.31. The zero-order chi connectivity index (χ0) is 14.1. The van der Waals surface area contributed by atoms with Crippen molar-refractivity contribution in [3.8, 4) is 0 Å². The van der Waals surface area contributed by atoms with Gasteiger partial charge in [0.2, 0.25) is 0 Å². The third-order valence-electron chi connectivity index (χ3n) is 3.43. The number of hydrogen-bond donors (Lipinski definition) is 2. The van der Waals surface area contributed by atoms with Crippen LogP contribution in [0.5, 0.6) is 0 Å². The fourth-order valence-electron chi connectivity index (χ4n) is 2.31. The van der Waals surface area contributed by atoms with Crippen LogP contribution in [0.1, 0.15) is 22.5 Å². The Kier molecular flexibility index (Phi) is 3.71. The summed E-state index contributed by atoms with van der Waals surface area (Å²) in [4.78, 5) is 17.8. The van der Waals surface area contributed by atoms with Gasteiger partial charge in [-0.3, -0.25) is 9.00 Å². The fourth-order valence-corrected chi connectivity index (χ4v) is 4.57. The highest BCUT2D eigenvalue weighted by molar-refractivity contribution is 7.85. The Bertz CT molecular complexity index is 673. The van der Waals surface area contributed by atoms with E-state index in [1.807, 2.05) is 12.1 Å². The fraction of sp³-hybridized carbons (Fsp3) is 0.385. The van der Waals surface area contributed by atoms with Crippen molar-refractivity contribution in [3.63, 3.8) is 0 Å². The van der Waals surface area contributed by atoms with Gasteiger partial charge in [0.15, 0.2) is 0 Å². The first-order valence-corrected chi connectivity index (χ1v) is 8.74. The molecule has 1 aliphatic heterocycles. The number of nitrogens with two attached hydrogens (primary N) is 1. The molecule has 0 saturated carbocycles. The van der Waals surface area contributed by atoms with Gasteiger partial charge in [-0.05, 0) is 25.0 Å². The number of nitrogens with zero attached hydrogens (tertiary/aromatic N) is 1. The molecule has 0 atom stereocenters. The van der Waals surface area contributed by atoms with Gasteiger partial charge in [0, 0.05) is 39.9 Å². The smallest absolute Gasteiger partial charge is 0.263 e. The number of nitrogen functional groups attached to an aromatic ring is 1. The number of thiophene rings is 1. The first-order valence-electron chi connectivity index (χ1n) is 6.44. The van der Waals surface area contributed by atoms with E-state index < -0.39 is 10.8 Å². The lowest BCUT2D eigenvalue weighted by Crippen LogP contribution is -2.39. The van der Waals surface area contributed by atoms with Gasteiger partial charge >= 0.3 is 0 Å². The van der Waals surface area contributed by atoms with Crippen molar-refractivity contribution >= 4 is 43.9 Å². The third kappa shape index (κ3) is 2.55. The van der Waals surface area contributed by atoms with Crippen molar-refractivity contribution in [2.24, 2.45) is 0 Å². The second-order valence-electron chi connectivity index (χ2n) is 4.80. The van der Waals surface area contributed by atoms with E-state index in [2.05, 4.69) is 10.3 Å². The minimum atomic E-state index is -0.720. The number of aromatic nitrogens is 1. The van der Waals surface area contributed by atoms with Crippen LogP contribution < -0.4 is 11.1 Å². The van der Waals surface area contributed by atoms with Crippen LogP contribution >= 0.6 is 11.3 Å². The lowest BCUT2D eigenvalue weighted by atomic mass is 10.1. The molecule has 2 aromatic heterocycles. The monoisotopic (exact) mass is 309 g/mol. The molecule has 0 spiro atoms. The molecule has 7 heteroatoms. The SMILES string of the molecule is Nc1c(C(=O)NC2CCS(=O)CC2)sc2ncccc12. The van der Waals surface area contributed by atoms with Gasteiger partial charge in [-0.1, -0.05) is 0 Å². The highest BCUT2D eigenvalue weighted by atomic mass is 32.2. The molecule has 1 aliphatic rings. The van der Waals surface area contributed by atoms with Crippen molar-refractivity contribution < 1.29 is 9.00 Å². The Morgan fingerprint density at radius 1 is 1.45 bits per heavy atom. The first kappa shape index (κ1) is 13.5. The number of carbonyl (C=O) groups is 1. The van der Waals surface area contributed by atoms with E-state index >= 15 is 0 Å². The highest BCUT2D eigenvalue weighted by Crippen LogP contribution is 2.31. The number of rotatable bonds is 2. The molecule has 0 aliphatic carbocycles. The van der Waals surface area contributed by atoms with E-state index in [1.165, 1.54) is 11.3 Å². The van der Waals surface area contributed by atoms with Crippen LogP contribution in [0.2, 0.25) is 0 Å². The van der Waals surface area contributed by atoms with Gasteiger partial charge in [0.25, 0.3) is 5.91 Å². The number of amides is 1. The largest absolute Gasteiger partial charge is 0.397 e. The van der Waals surface area contributed by atoms with Crippen LogP contribution in [0.3, 0.4) is 0 Å². The predicted octanol–water partition coefficient (Wildman–Crippen LogP) is 1.52. The molecule has 3 heterocycles. The zero-order valence-corrected chi connectivity index (χ0v) is 12.4. The molecule has 3 N–H and O–H groups in total. The van der Waals surface area contributed by atoms with Crippen molar-refractivity contribution in [3.05, 3.63) is 23.2 Å². The van der Waals surface area contributed by atoms with Crippen molar-refractivity contribution in [1.29, 1.82) is 0 Å². The molecule has 3 rings (SSSR count). The van der Waals surface area contributed by atoms with Crippen LogP contribution in [0.25, 0.3) is 10.2 Å². The summed E-state index contributed by atoms with van der Waals surface area (Å²) in [5, 5.41) is 3.81. The maximum Gasteiger partial charge on any atom is 0.263 e. The Morgan fingerprint density at radius 2 is 2.20 bits per heavy atom. The van der Waals surface area contributed by atoms with Gasteiger partial charge in [0.05, 0.1) is 5.69 Å².